The van der Waals surface area contributed by atoms with Gasteiger partial charge in [-0.15, -0.1) is 0 Å². The van der Waals surface area contributed by atoms with Gasteiger partial charge >= 0.3 is 11.9 Å². The van der Waals surface area contributed by atoms with Crippen molar-refractivity contribution in [3.8, 4) is 5.75 Å². The zero-order valence-corrected chi connectivity index (χ0v) is 12.2. The first-order valence-electron chi connectivity index (χ1n) is 6.80. The van der Waals surface area contributed by atoms with Gasteiger partial charge in [0.05, 0.1) is 5.56 Å². The summed E-state index contributed by atoms with van der Waals surface area (Å²) in [6.45, 7) is 5.11. The molecule has 2 aromatic carbocycles. The molecule has 0 amide bonds. The molecule has 22 heavy (non-hydrogen) atoms. The lowest BCUT2D eigenvalue weighted by molar-refractivity contribution is -0.142. The van der Waals surface area contributed by atoms with Crippen molar-refractivity contribution in [3.63, 3.8) is 0 Å². The highest BCUT2D eigenvalue weighted by molar-refractivity contribution is 5.90. The molecule has 112 valence electrons. The second kappa shape index (κ2) is 7.22. The fourth-order valence-electron chi connectivity index (χ4n) is 1.84. The topological polar surface area (TPSA) is 52.6 Å². The summed E-state index contributed by atoms with van der Waals surface area (Å²) < 4.78 is 10.4. The highest BCUT2D eigenvalue weighted by Gasteiger charge is 2.11. The Hall–Kier alpha value is -2.88. The molecule has 0 heterocycles. The summed E-state index contributed by atoms with van der Waals surface area (Å²) in [6, 6.07) is 15.6. The normalized spacial score (nSPS) is 11.3. The third-order valence-corrected chi connectivity index (χ3v) is 3.03. The quantitative estimate of drug-likeness (QED) is 0.479. The van der Waals surface area contributed by atoms with E-state index in [9.17, 15) is 9.59 Å². The first-order chi connectivity index (χ1) is 10.6. The lowest BCUT2D eigenvalue weighted by Crippen LogP contribution is -2.08. The Morgan fingerprint density at radius 3 is 2.27 bits per heavy atom. The highest BCUT2D eigenvalue weighted by Crippen LogP contribution is 2.21. The SMILES string of the molecule is C=CC(=O)OC(C)c1ccc(OC(=O)c2ccccc2)cc1. The number of esters is 2. The molecule has 0 N–H and O–H groups in total. The van der Waals surface area contributed by atoms with E-state index in [4.69, 9.17) is 9.47 Å². The average Bonchev–Trinajstić information content (AvgIpc) is 2.56. The molecular formula is C18H16O4. The minimum Gasteiger partial charge on any atom is -0.455 e. The molecule has 0 radical (unpaired) electrons. The standard InChI is InChI=1S/C18H16O4/c1-3-17(19)21-13(2)14-9-11-16(12-10-14)22-18(20)15-7-5-4-6-8-15/h3-13H,1H2,2H3. The second-order valence-corrected chi connectivity index (χ2v) is 4.61. The summed E-state index contributed by atoms with van der Waals surface area (Å²) in [4.78, 5) is 23.1. The van der Waals surface area contributed by atoms with Crippen LogP contribution in [0.25, 0.3) is 0 Å². The van der Waals surface area contributed by atoms with Crippen molar-refractivity contribution < 1.29 is 19.1 Å². The van der Waals surface area contributed by atoms with Crippen LogP contribution in [0.15, 0.2) is 67.3 Å². The number of benzene rings is 2. The molecule has 0 spiro atoms. The number of ether oxygens (including phenoxy) is 2. The summed E-state index contributed by atoms with van der Waals surface area (Å²) in [7, 11) is 0. The van der Waals surface area contributed by atoms with Gasteiger partial charge in [-0.2, -0.15) is 0 Å². The smallest absolute Gasteiger partial charge is 0.343 e. The van der Waals surface area contributed by atoms with Gasteiger partial charge in [0.15, 0.2) is 0 Å². The Morgan fingerprint density at radius 2 is 1.68 bits per heavy atom. The number of hydrogen-bond acceptors (Lipinski definition) is 4. The van der Waals surface area contributed by atoms with Gasteiger partial charge in [0.1, 0.15) is 11.9 Å². The molecule has 0 aliphatic rings. The van der Waals surface area contributed by atoms with E-state index in [1.165, 1.54) is 0 Å². The van der Waals surface area contributed by atoms with Crippen LogP contribution in [-0.4, -0.2) is 11.9 Å². The monoisotopic (exact) mass is 296 g/mol. The lowest BCUT2D eigenvalue weighted by atomic mass is 10.1. The van der Waals surface area contributed by atoms with E-state index in [0.717, 1.165) is 11.6 Å². The summed E-state index contributed by atoms with van der Waals surface area (Å²) in [6.07, 6.45) is 0.719. The maximum absolute atomic E-state index is 11.9. The van der Waals surface area contributed by atoms with Crippen molar-refractivity contribution in [2.24, 2.45) is 0 Å². The van der Waals surface area contributed by atoms with Gasteiger partial charge in [-0.25, -0.2) is 9.59 Å². The fourth-order valence-corrected chi connectivity index (χ4v) is 1.84. The molecule has 0 aromatic heterocycles. The van der Waals surface area contributed by atoms with E-state index in [0.29, 0.717) is 11.3 Å². The Labute approximate surface area is 129 Å². The fraction of sp³-hybridized carbons (Fsp3) is 0.111. The highest BCUT2D eigenvalue weighted by atomic mass is 16.5. The molecular weight excluding hydrogens is 280 g/mol. The molecule has 0 fully saturated rings. The number of hydrogen-bond donors (Lipinski definition) is 0. The van der Waals surface area contributed by atoms with Crippen LogP contribution < -0.4 is 4.74 Å². The van der Waals surface area contributed by atoms with Crippen molar-refractivity contribution in [3.05, 3.63) is 78.4 Å². The predicted molar refractivity (Wildman–Crippen MR) is 82.5 cm³/mol. The minimum absolute atomic E-state index is 0.399. The van der Waals surface area contributed by atoms with E-state index in [2.05, 4.69) is 6.58 Å². The van der Waals surface area contributed by atoms with E-state index in [1.807, 2.05) is 6.07 Å². The number of rotatable bonds is 5. The Bertz CT molecular complexity index is 659. The number of carbonyl (C=O) groups excluding carboxylic acids is 2. The average molecular weight is 296 g/mol. The molecule has 4 heteroatoms. The van der Waals surface area contributed by atoms with Crippen LogP contribution in [0.5, 0.6) is 5.75 Å². The Balaban J connectivity index is 2.01. The van der Waals surface area contributed by atoms with Gasteiger partial charge < -0.3 is 9.47 Å². The molecule has 4 nitrogen and oxygen atoms in total. The Morgan fingerprint density at radius 1 is 1.05 bits per heavy atom. The maximum atomic E-state index is 11.9. The summed E-state index contributed by atoms with van der Waals surface area (Å²) in [5.41, 5.74) is 1.29. The molecule has 2 aromatic rings. The van der Waals surface area contributed by atoms with Crippen molar-refractivity contribution in [1.82, 2.24) is 0 Å². The molecule has 2 rings (SSSR count). The zero-order valence-electron chi connectivity index (χ0n) is 12.2. The molecule has 0 aliphatic carbocycles. The van der Waals surface area contributed by atoms with Crippen LogP contribution in [0, 0.1) is 0 Å². The first kappa shape index (κ1) is 15.5. The van der Waals surface area contributed by atoms with E-state index in [-0.39, 0.29) is 0 Å². The lowest BCUT2D eigenvalue weighted by Gasteiger charge is -2.12. The second-order valence-electron chi connectivity index (χ2n) is 4.61. The van der Waals surface area contributed by atoms with E-state index < -0.39 is 18.0 Å². The number of carbonyl (C=O) groups is 2. The van der Waals surface area contributed by atoms with Crippen LogP contribution in [0.4, 0.5) is 0 Å². The Kier molecular flexibility index (Phi) is 5.09. The van der Waals surface area contributed by atoms with Crippen molar-refractivity contribution >= 4 is 11.9 Å². The van der Waals surface area contributed by atoms with Crippen LogP contribution in [0.2, 0.25) is 0 Å². The largest absolute Gasteiger partial charge is 0.455 e. The van der Waals surface area contributed by atoms with Gasteiger partial charge in [-0.05, 0) is 36.8 Å². The van der Waals surface area contributed by atoms with Crippen molar-refractivity contribution in [2.75, 3.05) is 0 Å². The molecule has 0 saturated heterocycles. The summed E-state index contributed by atoms with van der Waals surface area (Å²) in [5.74, 6) is -0.466. The predicted octanol–water partition coefficient (Wildman–Crippen LogP) is 3.70. The maximum Gasteiger partial charge on any atom is 0.343 e. The van der Waals surface area contributed by atoms with Crippen LogP contribution in [0.1, 0.15) is 28.9 Å². The van der Waals surface area contributed by atoms with E-state index >= 15 is 0 Å². The van der Waals surface area contributed by atoms with Crippen LogP contribution >= 0.6 is 0 Å². The summed E-state index contributed by atoms with van der Waals surface area (Å²) >= 11 is 0. The molecule has 0 bridgehead atoms. The van der Waals surface area contributed by atoms with Crippen molar-refractivity contribution in [2.45, 2.75) is 13.0 Å². The summed E-state index contributed by atoms with van der Waals surface area (Å²) in [5, 5.41) is 0. The van der Waals surface area contributed by atoms with Crippen LogP contribution in [-0.2, 0) is 9.53 Å². The molecule has 1 unspecified atom stereocenters. The third kappa shape index (κ3) is 4.06. The van der Waals surface area contributed by atoms with Crippen molar-refractivity contribution in [1.29, 1.82) is 0 Å². The molecule has 0 saturated carbocycles. The van der Waals surface area contributed by atoms with Crippen LogP contribution in [0.3, 0.4) is 0 Å². The van der Waals surface area contributed by atoms with Gasteiger partial charge in [0.25, 0.3) is 0 Å². The van der Waals surface area contributed by atoms with Gasteiger partial charge in [0, 0.05) is 6.08 Å². The van der Waals surface area contributed by atoms with Gasteiger partial charge in [-0.1, -0.05) is 36.9 Å². The first-order valence-corrected chi connectivity index (χ1v) is 6.80. The van der Waals surface area contributed by atoms with E-state index in [1.54, 1.807) is 55.5 Å². The minimum atomic E-state index is -0.480. The molecule has 1 atom stereocenters. The zero-order chi connectivity index (χ0) is 15.9. The van der Waals surface area contributed by atoms with Gasteiger partial charge in [-0.3, -0.25) is 0 Å². The van der Waals surface area contributed by atoms with Gasteiger partial charge in [0.2, 0.25) is 0 Å². The third-order valence-electron chi connectivity index (χ3n) is 3.03. The molecule has 0 aliphatic heterocycles.